The van der Waals surface area contributed by atoms with Crippen LogP contribution in [0.3, 0.4) is 0 Å². The van der Waals surface area contributed by atoms with Crippen LogP contribution >= 0.6 is 15.9 Å². The highest BCUT2D eigenvalue weighted by molar-refractivity contribution is 9.08. The molecule has 21 heavy (non-hydrogen) atoms. The van der Waals surface area contributed by atoms with Crippen LogP contribution in [-0.2, 0) is 11.5 Å². The van der Waals surface area contributed by atoms with Gasteiger partial charge in [0.1, 0.15) is 11.5 Å². The van der Waals surface area contributed by atoms with E-state index in [-0.39, 0.29) is 5.75 Å². The van der Waals surface area contributed by atoms with E-state index in [4.69, 9.17) is 4.74 Å². The maximum atomic E-state index is 13.1. The zero-order valence-corrected chi connectivity index (χ0v) is 13.2. The Labute approximate surface area is 129 Å². The molecule has 0 saturated carbocycles. The number of benzene rings is 2. The van der Waals surface area contributed by atoms with Gasteiger partial charge in [-0.3, -0.25) is 0 Å². The van der Waals surface area contributed by atoms with E-state index in [2.05, 4.69) is 15.9 Å². The molecular formula is C16H14BrF3O. The summed E-state index contributed by atoms with van der Waals surface area (Å²) in [5, 5.41) is 0.361. The van der Waals surface area contributed by atoms with Crippen molar-refractivity contribution in [3.05, 3.63) is 58.7 Å². The molecule has 112 valence electrons. The summed E-state index contributed by atoms with van der Waals surface area (Å²) in [5.74, 6) is 0.224. The molecule has 0 unspecified atom stereocenters. The SMILES string of the molecule is Cc1cc(C)cc(Oc2ccc(CBr)cc2C(F)(F)F)c1. The normalized spacial score (nSPS) is 11.5. The van der Waals surface area contributed by atoms with Crippen molar-refractivity contribution in [3.63, 3.8) is 0 Å². The summed E-state index contributed by atoms with van der Waals surface area (Å²) in [5.41, 5.74) is 1.67. The van der Waals surface area contributed by atoms with Gasteiger partial charge in [0, 0.05) is 5.33 Å². The van der Waals surface area contributed by atoms with Gasteiger partial charge in [-0.25, -0.2) is 0 Å². The Balaban J connectivity index is 2.43. The molecule has 0 atom stereocenters. The Morgan fingerprint density at radius 1 is 1.00 bits per heavy atom. The van der Waals surface area contributed by atoms with Crippen LogP contribution in [0.15, 0.2) is 36.4 Å². The van der Waals surface area contributed by atoms with E-state index in [1.807, 2.05) is 19.9 Å². The Kier molecular flexibility index (Phi) is 4.61. The van der Waals surface area contributed by atoms with Crippen LogP contribution in [0.25, 0.3) is 0 Å². The average Bonchev–Trinajstić information content (AvgIpc) is 2.36. The molecule has 2 aromatic carbocycles. The van der Waals surface area contributed by atoms with Crippen LogP contribution in [0.5, 0.6) is 11.5 Å². The van der Waals surface area contributed by atoms with Gasteiger partial charge in [-0.05, 0) is 54.8 Å². The lowest BCUT2D eigenvalue weighted by molar-refractivity contribution is -0.138. The molecule has 0 radical (unpaired) electrons. The van der Waals surface area contributed by atoms with Gasteiger partial charge in [-0.2, -0.15) is 13.2 Å². The number of ether oxygens (including phenoxy) is 1. The molecule has 2 rings (SSSR count). The average molecular weight is 359 g/mol. The Morgan fingerprint density at radius 3 is 2.14 bits per heavy atom. The maximum Gasteiger partial charge on any atom is 0.419 e. The van der Waals surface area contributed by atoms with Crippen molar-refractivity contribution in [2.45, 2.75) is 25.4 Å². The van der Waals surface area contributed by atoms with E-state index in [0.29, 0.717) is 16.6 Å². The molecule has 0 aromatic heterocycles. The molecule has 2 aromatic rings. The van der Waals surface area contributed by atoms with Gasteiger partial charge in [0.15, 0.2) is 0 Å². The highest BCUT2D eigenvalue weighted by Crippen LogP contribution is 2.39. The molecule has 0 aliphatic carbocycles. The molecule has 0 heterocycles. The third-order valence-corrected chi connectivity index (χ3v) is 3.57. The van der Waals surface area contributed by atoms with Gasteiger partial charge < -0.3 is 4.74 Å². The lowest BCUT2D eigenvalue weighted by Gasteiger charge is -2.15. The van der Waals surface area contributed by atoms with E-state index in [1.54, 1.807) is 18.2 Å². The Bertz CT molecular complexity index is 630. The van der Waals surface area contributed by atoms with Crippen molar-refractivity contribution in [3.8, 4) is 11.5 Å². The minimum atomic E-state index is -4.45. The standard InChI is InChI=1S/C16H14BrF3O/c1-10-5-11(2)7-13(6-10)21-15-4-3-12(9-17)8-14(15)16(18,19)20/h3-8H,9H2,1-2H3. The van der Waals surface area contributed by atoms with Crippen molar-refractivity contribution < 1.29 is 17.9 Å². The van der Waals surface area contributed by atoms with Gasteiger partial charge in [0.05, 0.1) is 5.56 Å². The summed E-state index contributed by atoms with van der Waals surface area (Å²) in [4.78, 5) is 0. The topological polar surface area (TPSA) is 9.23 Å². The van der Waals surface area contributed by atoms with Gasteiger partial charge in [0.25, 0.3) is 0 Å². The summed E-state index contributed by atoms with van der Waals surface area (Å²) in [7, 11) is 0. The van der Waals surface area contributed by atoms with Crippen molar-refractivity contribution in [1.82, 2.24) is 0 Å². The number of rotatable bonds is 3. The predicted molar refractivity (Wildman–Crippen MR) is 80.1 cm³/mol. The minimum absolute atomic E-state index is 0.183. The highest BCUT2D eigenvalue weighted by atomic mass is 79.9. The lowest BCUT2D eigenvalue weighted by atomic mass is 10.1. The molecule has 0 aliphatic heterocycles. The third kappa shape index (κ3) is 4.00. The highest BCUT2D eigenvalue weighted by Gasteiger charge is 2.34. The molecule has 0 saturated heterocycles. The zero-order valence-electron chi connectivity index (χ0n) is 11.6. The zero-order chi connectivity index (χ0) is 15.6. The predicted octanol–water partition coefficient (Wildman–Crippen LogP) is 6.01. The monoisotopic (exact) mass is 358 g/mol. The summed E-state index contributed by atoms with van der Waals surface area (Å²) < 4.78 is 44.9. The van der Waals surface area contributed by atoms with Gasteiger partial charge in [-0.1, -0.05) is 28.1 Å². The molecular weight excluding hydrogens is 345 g/mol. The third-order valence-electron chi connectivity index (χ3n) is 2.93. The van der Waals surface area contributed by atoms with Crippen molar-refractivity contribution in [1.29, 1.82) is 0 Å². The Morgan fingerprint density at radius 2 is 1.62 bits per heavy atom. The molecule has 0 bridgehead atoms. The second kappa shape index (κ2) is 6.10. The molecule has 0 fully saturated rings. The Hall–Kier alpha value is -1.49. The number of alkyl halides is 4. The molecule has 5 heteroatoms. The number of hydrogen-bond acceptors (Lipinski definition) is 1. The van der Waals surface area contributed by atoms with E-state index in [1.165, 1.54) is 6.07 Å². The van der Waals surface area contributed by atoms with Crippen molar-refractivity contribution in [2.24, 2.45) is 0 Å². The largest absolute Gasteiger partial charge is 0.457 e. The first-order valence-corrected chi connectivity index (χ1v) is 7.44. The number of aryl methyl sites for hydroxylation is 2. The van der Waals surface area contributed by atoms with Crippen LogP contribution in [0.2, 0.25) is 0 Å². The van der Waals surface area contributed by atoms with Crippen LogP contribution in [0.4, 0.5) is 13.2 Å². The second-order valence-electron chi connectivity index (χ2n) is 4.89. The first kappa shape index (κ1) is 15.9. The van der Waals surface area contributed by atoms with E-state index < -0.39 is 11.7 Å². The first-order chi connectivity index (χ1) is 9.79. The van der Waals surface area contributed by atoms with Crippen LogP contribution in [-0.4, -0.2) is 0 Å². The second-order valence-corrected chi connectivity index (χ2v) is 5.45. The quantitative estimate of drug-likeness (QED) is 0.610. The van der Waals surface area contributed by atoms with E-state index >= 15 is 0 Å². The fraction of sp³-hybridized carbons (Fsp3) is 0.250. The summed E-state index contributed by atoms with van der Waals surface area (Å²) in [6, 6.07) is 9.44. The fourth-order valence-corrected chi connectivity index (χ4v) is 2.44. The van der Waals surface area contributed by atoms with E-state index in [0.717, 1.165) is 17.2 Å². The van der Waals surface area contributed by atoms with E-state index in [9.17, 15) is 13.2 Å². The summed E-state index contributed by atoms with van der Waals surface area (Å²) in [6.07, 6.45) is -4.45. The van der Waals surface area contributed by atoms with Crippen LogP contribution in [0.1, 0.15) is 22.3 Å². The summed E-state index contributed by atoms with van der Waals surface area (Å²) in [6.45, 7) is 3.75. The van der Waals surface area contributed by atoms with Gasteiger partial charge >= 0.3 is 6.18 Å². The maximum absolute atomic E-state index is 13.1. The van der Waals surface area contributed by atoms with Crippen molar-refractivity contribution >= 4 is 15.9 Å². The molecule has 0 spiro atoms. The van der Waals surface area contributed by atoms with Crippen LogP contribution in [0, 0.1) is 13.8 Å². The summed E-state index contributed by atoms with van der Waals surface area (Å²) >= 11 is 3.16. The minimum Gasteiger partial charge on any atom is -0.457 e. The molecule has 1 nitrogen and oxygen atoms in total. The lowest BCUT2D eigenvalue weighted by Crippen LogP contribution is -2.08. The molecule has 0 amide bonds. The van der Waals surface area contributed by atoms with Gasteiger partial charge in [-0.15, -0.1) is 0 Å². The van der Waals surface area contributed by atoms with Gasteiger partial charge in [0.2, 0.25) is 0 Å². The van der Waals surface area contributed by atoms with Crippen LogP contribution < -0.4 is 4.74 Å². The smallest absolute Gasteiger partial charge is 0.419 e. The molecule has 0 aliphatic rings. The number of halogens is 4. The fourth-order valence-electron chi connectivity index (χ4n) is 2.09. The number of hydrogen-bond donors (Lipinski definition) is 0. The van der Waals surface area contributed by atoms with Crippen molar-refractivity contribution in [2.75, 3.05) is 0 Å². The molecule has 0 N–H and O–H groups in total. The first-order valence-electron chi connectivity index (χ1n) is 6.32.